The highest BCUT2D eigenvalue weighted by Crippen LogP contribution is 2.36. The number of nitrogens with zero attached hydrogens (tertiary/aromatic N) is 4. The van der Waals surface area contributed by atoms with Crippen LogP contribution in [0.3, 0.4) is 0 Å². The van der Waals surface area contributed by atoms with Crippen LogP contribution < -0.4 is 15.4 Å². The molecule has 1 fully saturated rings. The average molecular weight is 498 g/mol. The summed E-state index contributed by atoms with van der Waals surface area (Å²) < 4.78 is 33.5. The molecule has 1 amide bonds. The van der Waals surface area contributed by atoms with Crippen molar-refractivity contribution in [1.82, 2.24) is 29.8 Å². The number of ether oxygens (including phenoxy) is 1. The van der Waals surface area contributed by atoms with Gasteiger partial charge in [0.2, 0.25) is 17.7 Å². The number of hydrogen-bond acceptors (Lipinski definition) is 6. The summed E-state index contributed by atoms with van der Waals surface area (Å²) in [6.07, 6.45) is 2.94. The van der Waals surface area contributed by atoms with Gasteiger partial charge in [-0.05, 0) is 50.3 Å². The summed E-state index contributed by atoms with van der Waals surface area (Å²) in [6, 6.07) is 6.01. The van der Waals surface area contributed by atoms with E-state index >= 15 is 0 Å². The van der Waals surface area contributed by atoms with E-state index in [1.54, 1.807) is 21.0 Å². The number of fused-ring (bicyclic) bond motifs is 2. The number of nitrogens with one attached hydrogen (secondary N) is 3. The van der Waals surface area contributed by atoms with Crippen molar-refractivity contribution in [3.05, 3.63) is 30.2 Å². The molecule has 0 aliphatic heterocycles. The first-order valence-corrected chi connectivity index (χ1v) is 12.0. The maximum Gasteiger partial charge on any atom is 0.256 e. The molecule has 5 rings (SSSR count). The number of halogens is 2. The highest BCUT2D eigenvalue weighted by molar-refractivity contribution is 5.99. The molecule has 0 unspecified atom stereocenters. The fourth-order valence-electron chi connectivity index (χ4n) is 5.07. The van der Waals surface area contributed by atoms with Crippen LogP contribution in [0.1, 0.15) is 38.4 Å². The third-order valence-electron chi connectivity index (χ3n) is 6.73. The Labute approximate surface area is 206 Å². The van der Waals surface area contributed by atoms with E-state index in [1.807, 2.05) is 24.4 Å². The van der Waals surface area contributed by atoms with E-state index in [9.17, 15) is 13.6 Å². The SMILES string of the molecule is COc1nc(N[C@H]2CC[C@@H](NC(C)=O)CC2)nc2[nH]cc(-c3ccc4nc(C)n(CC(F)F)c4c3)c12. The first-order valence-electron chi connectivity index (χ1n) is 12.0. The maximum atomic E-state index is 13.2. The smallest absolute Gasteiger partial charge is 0.256 e. The number of aromatic amines is 1. The number of H-pyrrole nitrogens is 1. The van der Waals surface area contributed by atoms with Crippen molar-refractivity contribution in [1.29, 1.82) is 0 Å². The lowest BCUT2D eigenvalue weighted by atomic mass is 9.91. The molecule has 0 spiro atoms. The molecule has 1 aromatic carbocycles. The van der Waals surface area contributed by atoms with Gasteiger partial charge in [-0.2, -0.15) is 9.97 Å². The monoisotopic (exact) mass is 497 g/mol. The molecule has 1 aliphatic rings. The van der Waals surface area contributed by atoms with Crippen molar-refractivity contribution >= 4 is 33.9 Å². The minimum absolute atomic E-state index is 0.000223. The van der Waals surface area contributed by atoms with Gasteiger partial charge in [0.05, 0.1) is 30.1 Å². The van der Waals surface area contributed by atoms with Crippen LogP contribution in [0.2, 0.25) is 0 Å². The Morgan fingerprint density at radius 3 is 2.64 bits per heavy atom. The van der Waals surface area contributed by atoms with Crippen LogP contribution in [0.4, 0.5) is 14.7 Å². The molecular weight excluding hydrogens is 468 g/mol. The standard InChI is InChI=1S/C25H29F2N7O2/c1-13-29-19-9-4-15(10-20(19)34(13)12-21(26)27)18-11-28-23-22(18)24(36-3)33-25(32-23)31-17-7-5-16(6-8-17)30-14(2)35/h4,9-11,16-17,21H,5-8,12H2,1-3H3,(H,30,35)(H2,28,31,32,33)/t16-,17+. The number of methoxy groups -OCH3 is 1. The van der Waals surface area contributed by atoms with Gasteiger partial charge in [-0.25, -0.2) is 13.8 Å². The van der Waals surface area contributed by atoms with Crippen LogP contribution in [0.5, 0.6) is 5.88 Å². The van der Waals surface area contributed by atoms with Crippen LogP contribution in [0, 0.1) is 6.92 Å². The Balaban J connectivity index is 1.43. The molecule has 0 radical (unpaired) electrons. The fraction of sp³-hybridized carbons (Fsp3) is 0.440. The molecule has 0 bridgehead atoms. The second-order valence-electron chi connectivity index (χ2n) is 9.24. The lowest BCUT2D eigenvalue weighted by Crippen LogP contribution is -2.39. The van der Waals surface area contributed by atoms with Crippen molar-refractivity contribution in [3.8, 4) is 17.0 Å². The molecule has 3 N–H and O–H groups in total. The number of amides is 1. The topological polar surface area (TPSA) is 110 Å². The Morgan fingerprint density at radius 2 is 1.94 bits per heavy atom. The van der Waals surface area contributed by atoms with E-state index in [4.69, 9.17) is 4.74 Å². The van der Waals surface area contributed by atoms with E-state index in [0.29, 0.717) is 39.7 Å². The van der Waals surface area contributed by atoms with Crippen molar-refractivity contribution in [2.75, 3.05) is 12.4 Å². The van der Waals surface area contributed by atoms with Gasteiger partial charge in [0.15, 0.2) is 0 Å². The zero-order valence-electron chi connectivity index (χ0n) is 20.4. The summed E-state index contributed by atoms with van der Waals surface area (Å²) in [7, 11) is 1.56. The predicted molar refractivity (Wildman–Crippen MR) is 133 cm³/mol. The van der Waals surface area contributed by atoms with Crippen LogP contribution in [0.15, 0.2) is 24.4 Å². The fourth-order valence-corrected chi connectivity index (χ4v) is 5.07. The highest BCUT2D eigenvalue weighted by atomic mass is 19.3. The number of alkyl halides is 2. The van der Waals surface area contributed by atoms with E-state index in [-0.39, 0.29) is 18.0 Å². The van der Waals surface area contributed by atoms with E-state index < -0.39 is 13.0 Å². The molecule has 3 aromatic heterocycles. The zero-order chi connectivity index (χ0) is 25.4. The summed E-state index contributed by atoms with van der Waals surface area (Å²) in [5.41, 5.74) is 3.56. The number of aromatic nitrogens is 5. The van der Waals surface area contributed by atoms with Gasteiger partial charge in [0, 0.05) is 30.8 Å². The zero-order valence-corrected chi connectivity index (χ0v) is 20.4. The van der Waals surface area contributed by atoms with Crippen molar-refractivity contribution < 1.29 is 18.3 Å². The lowest BCUT2D eigenvalue weighted by Gasteiger charge is -2.29. The summed E-state index contributed by atoms with van der Waals surface area (Å²) in [4.78, 5) is 28.2. The normalized spacial score (nSPS) is 18.2. The molecule has 3 heterocycles. The maximum absolute atomic E-state index is 13.2. The number of carbonyl (C=O) groups is 1. The summed E-state index contributed by atoms with van der Waals surface area (Å²) in [5, 5.41) is 7.11. The molecule has 0 saturated heterocycles. The van der Waals surface area contributed by atoms with E-state index in [1.165, 1.54) is 4.57 Å². The quantitative estimate of drug-likeness (QED) is 0.349. The first kappa shape index (κ1) is 24.0. The van der Waals surface area contributed by atoms with Crippen molar-refractivity contribution in [2.45, 2.75) is 64.6 Å². The Hall–Kier alpha value is -3.76. The predicted octanol–water partition coefficient (Wildman–Crippen LogP) is 4.42. The Bertz CT molecular complexity index is 1410. The number of aryl methyl sites for hydroxylation is 1. The number of imidazole rings is 1. The van der Waals surface area contributed by atoms with Gasteiger partial charge in [0.25, 0.3) is 6.43 Å². The number of carbonyl (C=O) groups excluding carboxylic acids is 1. The molecule has 1 saturated carbocycles. The second kappa shape index (κ2) is 9.71. The average Bonchev–Trinajstić information content (AvgIpc) is 3.40. The number of hydrogen-bond donors (Lipinski definition) is 3. The molecule has 11 heteroatoms. The number of anilines is 1. The third kappa shape index (κ3) is 4.69. The molecule has 1 aliphatic carbocycles. The van der Waals surface area contributed by atoms with Crippen LogP contribution in [-0.4, -0.2) is 56.0 Å². The third-order valence-corrected chi connectivity index (χ3v) is 6.73. The van der Waals surface area contributed by atoms with Gasteiger partial charge in [0.1, 0.15) is 11.5 Å². The van der Waals surface area contributed by atoms with E-state index in [2.05, 4.69) is 30.6 Å². The molecular formula is C25H29F2N7O2. The van der Waals surface area contributed by atoms with Gasteiger partial charge < -0.3 is 24.9 Å². The van der Waals surface area contributed by atoms with Gasteiger partial charge in [-0.15, -0.1) is 0 Å². The number of benzene rings is 1. The lowest BCUT2D eigenvalue weighted by molar-refractivity contribution is -0.119. The van der Waals surface area contributed by atoms with Crippen LogP contribution in [-0.2, 0) is 11.3 Å². The van der Waals surface area contributed by atoms with E-state index in [0.717, 1.165) is 36.8 Å². The molecule has 0 atom stereocenters. The van der Waals surface area contributed by atoms with Crippen molar-refractivity contribution in [2.24, 2.45) is 0 Å². The second-order valence-corrected chi connectivity index (χ2v) is 9.24. The minimum Gasteiger partial charge on any atom is -0.480 e. The Kier molecular flexibility index (Phi) is 6.46. The molecule has 36 heavy (non-hydrogen) atoms. The van der Waals surface area contributed by atoms with Crippen LogP contribution in [0.25, 0.3) is 33.2 Å². The first-order chi connectivity index (χ1) is 17.3. The largest absolute Gasteiger partial charge is 0.480 e. The summed E-state index contributed by atoms with van der Waals surface area (Å²) in [6.45, 7) is 2.86. The van der Waals surface area contributed by atoms with Gasteiger partial charge in [-0.1, -0.05) is 6.07 Å². The number of rotatable bonds is 7. The van der Waals surface area contributed by atoms with Crippen LogP contribution >= 0.6 is 0 Å². The summed E-state index contributed by atoms with van der Waals surface area (Å²) in [5.74, 6) is 1.43. The Morgan fingerprint density at radius 1 is 1.19 bits per heavy atom. The summed E-state index contributed by atoms with van der Waals surface area (Å²) >= 11 is 0. The molecule has 190 valence electrons. The minimum atomic E-state index is -2.47. The van der Waals surface area contributed by atoms with Gasteiger partial charge in [-0.3, -0.25) is 4.79 Å². The van der Waals surface area contributed by atoms with Crippen molar-refractivity contribution in [3.63, 3.8) is 0 Å². The van der Waals surface area contributed by atoms with Gasteiger partial charge >= 0.3 is 0 Å². The molecule has 4 aromatic rings. The highest BCUT2D eigenvalue weighted by Gasteiger charge is 2.24. The molecule has 9 nitrogen and oxygen atoms in total.